The monoisotopic (exact) mass is 495 g/mol. The van der Waals surface area contributed by atoms with Gasteiger partial charge in [0.2, 0.25) is 5.91 Å². The highest BCUT2D eigenvalue weighted by Crippen LogP contribution is 2.28. The van der Waals surface area contributed by atoms with Crippen molar-refractivity contribution in [2.24, 2.45) is 0 Å². The van der Waals surface area contributed by atoms with E-state index in [2.05, 4.69) is 42.9 Å². The van der Waals surface area contributed by atoms with Gasteiger partial charge >= 0.3 is 0 Å². The van der Waals surface area contributed by atoms with Crippen LogP contribution in [0.15, 0.2) is 66.3 Å². The van der Waals surface area contributed by atoms with Crippen molar-refractivity contribution in [1.29, 1.82) is 0 Å². The second kappa shape index (κ2) is 11.2. The average molecular weight is 496 g/mol. The summed E-state index contributed by atoms with van der Waals surface area (Å²) >= 11 is 1.18. The van der Waals surface area contributed by atoms with Crippen LogP contribution in [0.3, 0.4) is 0 Å². The Bertz CT molecular complexity index is 1200. The highest BCUT2D eigenvalue weighted by molar-refractivity contribution is 7.99. The van der Waals surface area contributed by atoms with Crippen molar-refractivity contribution in [3.63, 3.8) is 0 Å². The molecule has 0 saturated carbocycles. The zero-order valence-corrected chi connectivity index (χ0v) is 21.0. The lowest BCUT2D eigenvalue weighted by Crippen LogP contribution is -2.16. The molecule has 0 fully saturated rings. The maximum absolute atomic E-state index is 12.5. The number of amides is 1. The van der Waals surface area contributed by atoms with Crippen LogP contribution in [0, 0.1) is 10.1 Å². The van der Waals surface area contributed by atoms with E-state index in [-0.39, 0.29) is 28.4 Å². The molecule has 0 radical (unpaired) electrons. The molecule has 0 aliphatic heterocycles. The molecule has 1 unspecified atom stereocenters. The maximum Gasteiger partial charge on any atom is 0.292 e. The summed E-state index contributed by atoms with van der Waals surface area (Å²) in [6, 6.07) is 14.0. The van der Waals surface area contributed by atoms with Gasteiger partial charge in [-0.1, -0.05) is 62.9 Å². The van der Waals surface area contributed by atoms with Crippen LogP contribution >= 0.6 is 11.8 Å². The van der Waals surface area contributed by atoms with Crippen LogP contribution in [0.4, 0.5) is 11.4 Å². The molecule has 35 heavy (non-hydrogen) atoms. The zero-order chi connectivity index (χ0) is 25.6. The lowest BCUT2D eigenvalue weighted by Gasteiger charge is -2.20. The molecule has 0 saturated heterocycles. The first kappa shape index (κ1) is 26.0. The van der Waals surface area contributed by atoms with E-state index in [4.69, 9.17) is 4.74 Å². The standard InChI is InChI=1S/C25H29N5O4S/c1-6-15-29-23(17(2)34-19-13-11-18(12-14-19)25(3,4)5)27-28-24(29)35-16-22(31)26-20-9-7-8-10-21(20)30(32)33/h6-14,17H,1,15-16H2,2-5H3,(H,26,31). The number of rotatable bonds is 10. The van der Waals surface area contributed by atoms with Crippen molar-refractivity contribution >= 4 is 29.0 Å². The summed E-state index contributed by atoms with van der Waals surface area (Å²) < 4.78 is 7.94. The maximum atomic E-state index is 12.5. The fraction of sp³-hybridized carbons (Fsp3) is 0.320. The second-order valence-electron chi connectivity index (χ2n) is 8.89. The number of thioether (sulfide) groups is 1. The van der Waals surface area contributed by atoms with Crippen molar-refractivity contribution in [3.8, 4) is 5.75 Å². The Balaban J connectivity index is 1.68. The zero-order valence-electron chi connectivity index (χ0n) is 20.2. The number of aromatic nitrogens is 3. The summed E-state index contributed by atoms with van der Waals surface area (Å²) in [4.78, 5) is 23.1. The minimum Gasteiger partial charge on any atom is -0.483 e. The molecule has 2 aromatic carbocycles. The highest BCUT2D eigenvalue weighted by atomic mass is 32.2. The van der Waals surface area contributed by atoms with E-state index >= 15 is 0 Å². The third-order valence-electron chi connectivity index (χ3n) is 5.16. The van der Waals surface area contributed by atoms with Crippen molar-refractivity contribution in [1.82, 2.24) is 14.8 Å². The van der Waals surface area contributed by atoms with Crippen LogP contribution in [0.1, 0.15) is 45.2 Å². The largest absolute Gasteiger partial charge is 0.483 e. The summed E-state index contributed by atoms with van der Waals surface area (Å²) in [6.45, 7) is 12.6. The van der Waals surface area contributed by atoms with E-state index in [9.17, 15) is 14.9 Å². The molecule has 0 aliphatic rings. The number of hydrogen-bond acceptors (Lipinski definition) is 7. The lowest BCUT2D eigenvalue weighted by atomic mass is 9.87. The topological polar surface area (TPSA) is 112 Å². The van der Waals surface area contributed by atoms with Gasteiger partial charge in [0.25, 0.3) is 5.69 Å². The Kier molecular flexibility index (Phi) is 8.29. The minimum atomic E-state index is -0.534. The fourth-order valence-electron chi connectivity index (χ4n) is 3.35. The van der Waals surface area contributed by atoms with Crippen molar-refractivity contribution in [2.45, 2.75) is 50.9 Å². The molecule has 10 heteroatoms. The van der Waals surface area contributed by atoms with Gasteiger partial charge in [0, 0.05) is 12.6 Å². The van der Waals surface area contributed by atoms with E-state index in [0.717, 1.165) is 5.75 Å². The smallest absolute Gasteiger partial charge is 0.292 e. The van der Waals surface area contributed by atoms with Crippen molar-refractivity contribution in [3.05, 3.63) is 82.7 Å². The number of nitrogens with zero attached hydrogens (tertiary/aromatic N) is 4. The summed E-state index contributed by atoms with van der Waals surface area (Å²) in [7, 11) is 0. The van der Waals surface area contributed by atoms with Crippen LogP contribution in [-0.2, 0) is 16.8 Å². The molecule has 1 aromatic heterocycles. The van der Waals surface area contributed by atoms with Gasteiger partial charge in [-0.25, -0.2) is 0 Å². The number of hydrogen-bond donors (Lipinski definition) is 1. The van der Waals surface area contributed by atoms with Gasteiger partial charge in [0.1, 0.15) is 11.4 Å². The van der Waals surface area contributed by atoms with Crippen LogP contribution in [0.25, 0.3) is 0 Å². The summed E-state index contributed by atoms with van der Waals surface area (Å²) in [5.41, 5.74) is 1.25. The summed E-state index contributed by atoms with van der Waals surface area (Å²) in [5, 5.41) is 22.8. The summed E-state index contributed by atoms with van der Waals surface area (Å²) in [5.74, 6) is 0.940. The summed E-state index contributed by atoms with van der Waals surface area (Å²) in [6.07, 6.45) is 1.33. The first-order valence-corrected chi connectivity index (χ1v) is 12.1. The molecule has 0 bridgehead atoms. The van der Waals surface area contributed by atoms with Gasteiger partial charge in [-0.2, -0.15) is 0 Å². The van der Waals surface area contributed by atoms with E-state index in [0.29, 0.717) is 17.5 Å². The Hall–Kier alpha value is -3.66. The number of ether oxygens (including phenoxy) is 1. The Morgan fingerprint density at radius 1 is 1.23 bits per heavy atom. The number of carbonyl (C=O) groups excluding carboxylic acids is 1. The highest BCUT2D eigenvalue weighted by Gasteiger charge is 2.21. The number of allylic oxidation sites excluding steroid dienone is 1. The van der Waals surface area contributed by atoms with Gasteiger partial charge in [0.05, 0.1) is 10.7 Å². The van der Waals surface area contributed by atoms with Gasteiger partial charge < -0.3 is 10.1 Å². The molecule has 0 spiro atoms. The van der Waals surface area contributed by atoms with Gasteiger partial charge in [-0.3, -0.25) is 19.5 Å². The molecule has 3 rings (SSSR count). The number of carbonyl (C=O) groups is 1. The van der Waals surface area contributed by atoms with Crippen LogP contribution < -0.4 is 10.1 Å². The first-order chi connectivity index (χ1) is 16.6. The molecule has 184 valence electrons. The SMILES string of the molecule is C=CCn1c(SCC(=O)Nc2ccccc2[N+](=O)[O-])nnc1C(C)Oc1ccc(C(C)(C)C)cc1. The number of nitro groups is 1. The predicted octanol–water partition coefficient (Wildman–Crippen LogP) is 5.54. The van der Waals surface area contributed by atoms with E-state index in [1.165, 1.54) is 29.5 Å². The molecule has 1 N–H and O–H groups in total. The van der Waals surface area contributed by atoms with Crippen molar-refractivity contribution in [2.75, 3.05) is 11.1 Å². The van der Waals surface area contributed by atoms with Gasteiger partial charge in [0.15, 0.2) is 17.1 Å². The molecule has 1 amide bonds. The van der Waals surface area contributed by atoms with E-state index in [1.54, 1.807) is 18.2 Å². The molecule has 9 nitrogen and oxygen atoms in total. The molecular weight excluding hydrogens is 466 g/mol. The van der Waals surface area contributed by atoms with Crippen LogP contribution in [-0.4, -0.2) is 31.3 Å². The number of nitrogens with one attached hydrogen (secondary N) is 1. The first-order valence-electron chi connectivity index (χ1n) is 11.1. The number of anilines is 1. The van der Waals surface area contributed by atoms with Gasteiger partial charge in [-0.05, 0) is 36.1 Å². The Labute approximate surface area is 208 Å². The van der Waals surface area contributed by atoms with Crippen molar-refractivity contribution < 1.29 is 14.5 Å². The lowest BCUT2D eigenvalue weighted by molar-refractivity contribution is -0.383. The third-order valence-corrected chi connectivity index (χ3v) is 6.13. The molecular formula is C25H29N5O4S. The van der Waals surface area contributed by atoms with Crippen LogP contribution in [0.2, 0.25) is 0 Å². The Morgan fingerprint density at radius 2 is 1.91 bits per heavy atom. The quantitative estimate of drug-likeness (QED) is 0.170. The van der Waals surface area contributed by atoms with Crippen LogP contribution in [0.5, 0.6) is 5.75 Å². The second-order valence-corrected chi connectivity index (χ2v) is 9.83. The molecule has 1 heterocycles. The Morgan fingerprint density at radius 3 is 2.54 bits per heavy atom. The third kappa shape index (κ3) is 6.69. The molecule has 3 aromatic rings. The van der Waals surface area contributed by atoms with E-state index in [1.807, 2.05) is 35.8 Å². The normalized spacial score (nSPS) is 12.1. The number of benzene rings is 2. The minimum absolute atomic E-state index is 0.00479. The number of nitro benzene ring substituents is 1. The van der Waals surface area contributed by atoms with E-state index < -0.39 is 11.0 Å². The van der Waals surface area contributed by atoms with Gasteiger partial charge in [-0.15, -0.1) is 16.8 Å². The molecule has 1 atom stereocenters. The fourth-order valence-corrected chi connectivity index (χ4v) is 4.11. The molecule has 0 aliphatic carbocycles. The average Bonchev–Trinajstić information content (AvgIpc) is 3.20. The predicted molar refractivity (Wildman–Crippen MR) is 137 cm³/mol. The number of para-hydroxylation sites is 2.